The van der Waals surface area contributed by atoms with Gasteiger partial charge in [0.25, 0.3) is 0 Å². The summed E-state index contributed by atoms with van der Waals surface area (Å²) in [7, 11) is 0. The number of carbonyl (C=O) groups excluding carboxylic acids is 1. The van der Waals surface area contributed by atoms with Crippen LogP contribution in [0.25, 0.3) is 0 Å². The summed E-state index contributed by atoms with van der Waals surface area (Å²) in [5.74, 6) is 0.195. The van der Waals surface area contributed by atoms with Crippen LogP contribution in [0, 0.1) is 0 Å². The molecule has 1 heterocycles. The van der Waals surface area contributed by atoms with Gasteiger partial charge in [0, 0.05) is 12.6 Å². The minimum absolute atomic E-state index is 0.0808. The van der Waals surface area contributed by atoms with Crippen molar-refractivity contribution in [2.24, 2.45) is 0 Å². The number of amides is 1. The number of halogens is 1. The van der Waals surface area contributed by atoms with Gasteiger partial charge in [-0.15, -0.1) is 0 Å². The van der Waals surface area contributed by atoms with E-state index in [-0.39, 0.29) is 15.8 Å². The van der Waals surface area contributed by atoms with Crippen LogP contribution in [-0.2, 0) is 9.53 Å². The largest absolute Gasteiger partial charge is 0.375 e. The Bertz CT molecular complexity index is 329. The van der Waals surface area contributed by atoms with Crippen LogP contribution in [0.5, 0.6) is 0 Å². The monoisotopic (exact) mass is 315 g/mol. The van der Waals surface area contributed by atoms with E-state index in [1.54, 1.807) is 0 Å². The maximum atomic E-state index is 12.1. The van der Waals surface area contributed by atoms with Crippen molar-refractivity contribution >= 4 is 21.8 Å². The molecule has 1 saturated heterocycles. The van der Waals surface area contributed by atoms with Crippen molar-refractivity contribution in [3.05, 3.63) is 0 Å². The second-order valence-corrected chi connectivity index (χ2v) is 7.74. The summed E-state index contributed by atoms with van der Waals surface area (Å²) in [5, 5.41) is 3.23. The van der Waals surface area contributed by atoms with Crippen molar-refractivity contribution < 1.29 is 9.53 Å². The predicted molar refractivity (Wildman–Crippen MR) is 73.8 cm³/mol. The maximum Gasteiger partial charge on any atom is 0.237 e. The van der Waals surface area contributed by atoms with Crippen molar-refractivity contribution in [2.75, 3.05) is 6.61 Å². The lowest BCUT2D eigenvalue weighted by atomic mass is 9.78. The van der Waals surface area contributed by atoms with E-state index in [2.05, 4.69) is 21.2 Å². The average molecular weight is 316 g/mol. The lowest BCUT2D eigenvalue weighted by Crippen LogP contribution is -2.51. The first-order chi connectivity index (χ1) is 8.62. The van der Waals surface area contributed by atoms with E-state index in [9.17, 15) is 4.79 Å². The molecule has 0 bridgehead atoms. The SMILES string of the molecule is O=C(NC1CCOC2(CCCCC2)C1)C1(Br)CC1. The molecule has 3 nitrogen and oxygen atoms in total. The molecule has 102 valence electrons. The lowest BCUT2D eigenvalue weighted by molar-refractivity contribution is -0.128. The van der Waals surface area contributed by atoms with Crippen molar-refractivity contribution in [3.63, 3.8) is 0 Å². The first kappa shape index (κ1) is 12.9. The maximum absolute atomic E-state index is 12.1. The third-order valence-corrected chi connectivity index (χ3v) is 5.84. The second-order valence-electron chi connectivity index (χ2n) is 6.22. The molecule has 1 spiro atoms. The van der Waals surface area contributed by atoms with Gasteiger partial charge in [0.2, 0.25) is 5.91 Å². The fraction of sp³-hybridized carbons (Fsp3) is 0.929. The number of hydrogen-bond donors (Lipinski definition) is 1. The van der Waals surface area contributed by atoms with Crippen molar-refractivity contribution in [2.45, 2.75) is 73.8 Å². The van der Waals surface area contributed by atoms with Crippen molar-refractivity contribution in [1.29, 1.82) is 0 Å². The summed E-state index contributed by atoms with van der Waals surface area (Å²) in [5.41, 5.74) is 0.0808. The first-order valence-corrected chi connectivity index (χ1v) is 8.05. The number of hydrogen-bond acceptors (Lipinski definition) is 2. The van der Waals surface area contributed by atoms with E-state index in [1.165, 1.54) is 32.1 Å². The van der Waals surface area contributed by atoms with Gasteiger partial charge in [0.1, 0.15) is 4.32 Å². The second kappa shape index (κ2) is 4.78. The van der Waals surface area contributed by atoms with E-state index in [4.69, 9.17) is 4.74 Å². The highest BCUT2D eigenvalue weighted by Crippen LogP contribution is 2.45. The highest BCUT2D eigenvalue weighted by atomic mass is 79.9. The van der Waals surface area contributed by atoms with Gasteiger partial charge in [-0.1, -0.05) is 35.2 Å². The van der Waals surface area contributed by atoms with E-state index >= 15 is 0 Å². The number of alkyl halides is 1. The number of carbonyl (C=O) groups is 1. The van der Waals surface area contributed by atoms with Crippen LogP contribution in [0.1, 0.15) is 57.8 Å². The summed E-state index contributed by atoms with van der Waals surface area (Å²) in [4.78, 5) is 12.1. The zero-order chi connectivity index (χ0) is 12.6. The van der Waals surface area contributed by atoms with Crippen LogP contribution in [0.15, 0.2) is 0 Å². The Kier molecular flexibility index (Phi) is 3.43. The predicted octanol–water partition coefficient (Wildman–Crippen LogP) is 2.91. The van der Waals surface area contributed by atoms with Gasteiger partial charge < -0.3 is 10.1 Å². The van der Waals surface area contributed by atoms with Crippen LogP contribution in [0.4, 0.5) is 0 Å². The molecule has 1 aliphatic heterocycles. The molecule has 0 radical (unpaired) electrons. The van der Waals surface area contributed by atoms with E-state index in [0.717, 1.165) is 32.3 Å². The summed E-state index contributed by atoms with van der Waals surface area (Å²) < 4.78 is 5.83. The molecule has 1 N–H and O–H groups in total. The molecule has 1 amide bonds. The van der Waals surface area contributed by atoms with Gasteiger partial charge in [0.05, 0.1) is 5.60 Å². The van der Waals surface area contributed by atoms with Gasteiger partial charge in [-0.05, 0) is 38.5 Å². The zero-order valence-corrected chi connectivity index (χ0v) is 12.4. The van der Waals surface area contributed by atoms with Crippen LogP contribution >= 0.6 is 15.9 Å². The summed E-state index contributed by atoms with van der Waals surface area (Å²) in [6, 6.07) is 0.319. The zero-order valence-electron chi connectivity index (χ0n) is 10.8. The summed E-state index contributed by atoms with van der Waals surface area (Å²) in [6.07, 6.45) is 10.2. The normalized spacial score (nSPS) is 33.1. The Morgan fingerprint density at radius 1 is 1.17 bits per heavy atom. The van der Waals surface area contributed by atoms with Crippen molar-refractivity contribution in [3.8, 4) is 0 Å². The quantitative estimate of drug-likeness (QED) is 0.796. The average Bonchev–Trinajstić information content (AvgIpc) is 3.10. The first-order valence-electron chi connectivity index (χ1n) is 7.26. The standard InChI is InChI=1S/C14H22BrNO2/c15-14(7-8-14)12(17)16-11-4-9-18-13(10-11)5-2-1-3-6-13/h11H,1-10H2,(H,16,17). The topological polar surface area (TPSA) is 38.3 Å². The molecule has 0 aromatic carbocycles. The molecule has 3 fully saturated rings. The van der Waals surface area contributed by atoms with E-state index in [1.807, 2.05) is 0 Å². The highest BCUT2D eigenvalue weighted by Gasteiger charge is 2.48. The Balaban J connectivity index is 1.58. The van der Waals surface area contributed by atoms with Gasteiger partial charge >= 0.3 is 0 Å². The molecule has 0 aromatic heterocycles. The fourth-order valence-corrected chi connectivity index (χ4v) is 3.66. The molecule has 2 saturated carbocycles. The molecule has 3 aliphatic rings. The molecule has 1 atom stereocenters. The van der Waals surface area contributed by atoms with Gasteiger partial charge in [-0.2, -0.15) is 0 Å². The number of ether oxygens (including phenoxy) is 1. The van der Waals surface area contributed by atoms with Crippen LogP contribution in [-0.4, -0.2) is 28.5 Å². The van der Waals surface area contributed by atoms with E-state index in [0.29, 0.717) is 6.04 Å². The molecule has 18 heavy (non-hydrogen) atoms. The minimum Gasteiger partial charge on any atom is -0.375 e. The highest BCUT2D eigenvalue weighted by molar-refractivity contribution is 9.10. The molecule has 0 aromatic rings. The Morgan fingerprint density at radius 3 is 2.56 bits per heavy atom. The molecule has 3 rings (SSSR count). The Morgan fingerprint density at radius 2 is 1.89 bits per heavy atom. The molecular formula is C14H22BrNO2. The van der Waals surface area contributed by atoms with E-state index < -0.39 is 0 Å². The fourth-order valence-electron chi connectivity index (χ4n) is 3.35. The number of nitrogens with one attached hydrogen (secondary N) is 1. The van der Waals surface area contributed by atoms with Gasteiger partial charge in [0.15, 0.2) is 0 Å². The smallest absolute Gasteiger partial charge is 0.237 e. The molecule has 4 heteroatoms. The third kappa shape index (κ3) is 2.60. The number of rotatable bonds is 2. The summed E-state index contributed by atoms with van der Waals surface area (Å²) in [6.45, 7) is 0.806. The van der Waals surface area contributed by atoms with Crippen LogP contribution < -0.4 is 5.32 Å². The molecule has 2 aliphatic carbocycles. The van der Waals surface area contributed by atoms with Gasteiger partial charge in [-0.3, -0.25) is 4.79 Å². The Hall–Kier alpha value is -0.0900. The molecular weight excluding hydrogens is 294 g/mol. The Labute approximate surface area is 117 Å². The van der Waals surface area contributed by atoms with Crippen LogP contribution in [0.2, 0.25) is 0 Å². The summed E-state index contributed by atoms with van der Waals surface area (Å²) >= 11 is 3.53. The van der Waals surface area contributed by atoms with Crippen LogP contribution in [0.3, 0.4) is 0 Å². The minimum atomic E-state index is -0.231. The molecule has 1 unspecified atom stereocenters. The van der Waals surface area contributed by atoms with Crippen molar-refractivity contribution in [1.82, 2.24) is 5.32 Å². The third-order valence-electron chi connectivity index (χ3n) is 4.69. The lowest BCUT2D eigenvalue weighted by Gasteiger charge is -2.43. The van der Waals surface area contributed by atoms with Gasteiger partial charge in [-0.25, -0.2) is 0 Å².